The Morgan fingerprint density at radius 2 is 1.95 bits per heavy atom. The topological polar surface area (TPSA) is 51.1 Å². The highest BCUT2D eigenvalue weighted by Crippen LogP contribution is 2.31. The second-order valence-corrected chi connectivity index (χ2v) is 5.30. The van der Waals surface area contributed by atoms with Crippen LogP contribution in [0.5, 0.6) is 11.5 Å². The Morgan fingerprint density at radius 3 is 2.67 bits per heavy atom. The van der Waals surface area contributed by atoms with Crippen molar-refractivity contribution in [2.24, 2.45) is 5.16 Å². The van der Waals surface area contributed by atoms with Gasteiger partial charge in [-0.15, -0.1) is 0 Å². The first kappa shape index (κ1) is 14.0. The van der Waals surface area contributed by atoms with Crippen LogP contribution in [0.15, 0.2) is 41.6 Å². The van der Waals surface area contributed by atoms with Gasteiger partial charge in [0.1, 0.15) is 30.4 Å². The number of fused-ring (bicyclic) bond motifs is 1. The first-order chi connectivity index (χ1) is 10.2. The second-order valence-electron chi connectivity index (χ2n) is 4.48. The molecule has 4 nitrogen and oxygen atoms in total. The summed E-state index contributed by atoms with van der Waals surface area (Å²) in [6, 6.07) is 10.6. The van der Waals surface area contributed by atoms with E-state index in [1.165, 1.54) is 0 Å². The largest absolute Gasteiger partial charge is 0.489 e. The third-order valence-corrected chi connectivity index (χ3v) is 3.90. The molecule has 1 aliphatic rings. The molecule has 0 spiro atoms. The third-order valence-electron chi connectivity index (χ3n) is 3.19. The molecule has 0 bridgehead atoms. The molecule has 6 heteroatoms. The van der Waals surface area contributed by atoms with Gasteiger partial charge in [-0.05, 0) is 24.3 Å². The van der Waals surface area contributed by atoms with Gasteiger partial charge in [0.05, 0.1) is 0 Å². The van der Waals surface area contributed by atoms with Crippen molar-refractivity contribution in [2.45, 2.75) is 6.61 Å². The predicted molar refractivity (Wildman–Crippen MR) is 81.1 cm³/mol. The molecule has 21 heavy (non-hydrogen) atoms. The van der Waals surface area contributed by atoms with Crippen molar-refractivity contribution in [1.82, 2.24) is 0 Å². The molecule has 1 heterocycles. The Bertz CT molecular complexity index is 696. The van der Waals surface area contributed by atoms with Crippen molar-refractivity contribution in [3.63, 3.8) is 0 Å². The summed E-state index contributed by atoms with van der Waals surface area (Å²) >= 11 is 12.2. The minimum atomic E-state index is 0.256. The molecule has 2 aromatic rings. The molecule has 0 aliphatic carbocycles. The van der Waals surface area contributed by atoms with Crippen LogP contribution in [-0.2, 0) is 6.61 Å². The van der Waals surface area contributed by atoms with E-state index in [1.807, 2.05) is 0 Å². The van der Waals surface area contributed by atoms with Crippen molar-refractivity contribution in [3.8, 4) is 11.5 Å². The molecule has 0 saturated heterocycles. The van der Waals surface area contributed by atoms with E-state index in [2.05, 4.69) is 5.16 Å². The van der Waals surface area contributed by atoms with Gasteiger partial charge in [0.2, 0.25) is 0 Å². The molecule has 108 valence electrons. The fourth-order valence-corrected chi connectivity index (χ4v) is 2.59. The summed E-state index contributed by atoms with van der Waals surface area (Å²) in [5.74, 6) is 1.26. The highest BCUT2D eigenvalue weighted by Gasteiger charge is 2.20. The van der Waals surface area contributed by atoms with Gasteiger partial charge >= 0.3 is 0 Å². The second kappa shape index (κ2) is 5.84. The maximum Gasteiger partial charge on any atom is 0.134 e. The molecule has 0 fully saturated rings. The lowest BCUT2D eigenvalue weighted by atomic mass is 10.1. The fourth-order valence-electron chi connectivity index (χ4n) is 2.08. The van der Waals surface area contributed by atoms with Gasteiger partial charge in [-0.3, -0.25) is 0 Å². The molecule has 0 atom stereocenters. The van der Waals surface area contributed by atoms with E-state index in [-0.39, 0.29) is 13.2 Å². The van der Waals surface area contributed by atoms with Gasteiger partial charge < -0.3 is 14.7 Å². The van der Waals surface area contributed by atoms with Crippen LogP contribution in [0.3, 0.4) is 0 Å². The lowest BCUT2D eigenvalue weighted by Gasteiger charge is -2.10. The van der Waals surface area contributed by atoms with Gasteiger partial charge in [0.15, 0.2) is 0 Å². The number of nitrogens with zero attached hydrogens (tertiary/aromatic N) is 1. The Hall–Kier alpha value is -1.91. The highest BCUT2D eigenvalue weighted by atomic mass is 35.5. The van der Waals surface area contributed by atoms with Crippen molar-refractivity contribution in [3.05, 3.63) is 57.6 Å². The van der Waals surface area contributed by atoms with Gasteiger partial charge in [-0.1, -0.05) is 34.4 Å². The Morgan fingerprint density at radius 1 is 1.19 bits per heavy atom. The van der Waals surface area contributed by atoms with E-state index < -0.39 is 0 Å². The summed E-state index contributed by atoms with van der Waals surface area (Å²) in [4.78, 5) is 0. The van der Waals surface area contributed by atoms with Crippen LogP contribution in [0.25, 0.3) is 0 Å². The van der Waals surface area contributed by atoms with Crippen LogP contribution < -0.4 is 9.47 Å². The van der Waals surface area contributed by atoms with Crippen molar-refractivity contribution < 1.29 is 14.7 Å². The molecular weight excluding hydrogens is 313 g/mol. The van der Waals surface area contributed by atoms with Gasteiger partial charge in [0.25, 0.3) is 0 Å². The van der Waals surface area contributed by atoms with Crippen LogP contribution >= 0.6 is 23.2 Å². The smallest absolute Gasteiger partial charge is 0.134 e. The van der Waals surface area contributed by atoms with Crippen LogP contribution in [0.4, 0.5) is 0 Å². The first-order valence-corrected chi connectivity index (χ1v) is 6.98. The summed E-state index contributed by atoms with van der Waals surface area (Å²) in [5.41, 5.74) is 2.01. The maximum absolute atomic E-state index is 8.84. The SMILES string of the molecule is ON=C1COc2cc(OCc3c(Cl)cccc3Cl)ccc21. The first-order valence-electron chi connectivity index (χ1n) is 6.23. The van der Waals surface area contributed by atoms with E-state index in [0.717, 1.165) is 11.1 Å². The summed E-state index contributed by atoms with van der Waals surface area (Å²) in [7, 11) is 0. The Balaban J connectivity index is 1.78. The molecule has 2 aromatic carbocycles. The molecule has 0 aromatic heterocycles. The van der Waals surface area contributed by atoms with E-state index in [1.54, 1.807) is 36.4 Å². The van der Waals surface area contributed by atoms with Crippen LogP contribution in [0.2, 0.25) is 10.0 Å². The molecule has 1 aliphatic heterocycles. The molecule has 1 N–H and O–H groups in total. The number of hydrogen-bond donors (Lipinski definition) is 1. The lowest BCUT2D eigenvalue weighted by molar-refractivity contribution is 0.303. The zero-order valence-corrected chi connectivity index (χ0v) is 12.4. The molecular formula is C15H11Cl2NO3. The number of hydrogen-bond acceptors (Lipinski definition) is 4. The zero-order chi connectivity index (χ0) is 14.8. The Labute approximate surface area is 131 Å². The lowest BCUT2D eigenvalue weighted by Crippen LogP contribution is -2.01. The van der Waals surface area contributed by atoms with Gasteiger partial charge in [0, 0.05) is 27.2 Å². The van der Waals surface area contributed by atoms with Crippen molar-refractivity contribution in [2.75, 3.05) is 6.61 Å². The van der Waals surface area contributed by atoms with E-state index >= 15 is 0 Å². The van der Waals surface area contributed by atoms with Crippen LogP contribution in [-0.4, -0.2) is 17.5 Å². The monoisotopic (exact) mass is 323 g/mol. The average Bonchev–Trinajstić information content (AvgIpc) is 2.89. The third kappa shape index (κ3) is 2.77. The number of rotatable bonds is 3. The molecule has 0 unspecified atom stereocenters. The summed E-state index contributed by atoms with van der Waals surface area (Å²) in [5, 5.41) is 13.2. The van der Waals surface area contributed by atoms with E-state index in [9.17, 15) is 0 Å². The molecule has 0 saturated carbocycles. The minimum Gasteiger partial charge on any atom is -0.489 e. The highest BCUT2D eigenvalue weighted by molar-refractivity contribution is 6.35. The molecule has 0 radical (unpaired) electrons. The standard InChI is InChI=1S/C15H11Cl2NO3/c16-12-2-1-3-13(17)11(12)7-20-9-4-5-10-14(18-19)8-21-15(10)6-9/h1-6,19H,7-8H2. The minimum absolute atomic E-state index is 0.256. The predicted octanol–water partition coefficient (Wildman–Crippen LogP) is 4.14. The van der Waals surface area contributed by atoms with Crippen LogP contribution in [0, 0.1) is 0 Å². The number of ether oxygens (including phenoxy) is 2. The normalized spacial score (nSPS) is 14.9. The van der Waals surface area contributed by atoms with E-state index in [4.69, 9.17) is 37.9 Å². The summed E-state index contributed by atoms with van der Waals surface area (Å²) in [6.07, 6.45) is 0. The van der Waals surface area contributed by atoms with Gasteiger partial charge in [-0.2, -0.15) is 0 Å². The number of oxime groups is 1. The zero-order valence-electron chi connectivity index (χ0n) is 10.8. The summed E-state index contributed by atoms with van der Waals surface area (Å²) in [6.45, 7) is 0.518. The molecule has 3 rings (SSSR count). The fraction of sp³-hybridized carbons (Fsp3) is 0.133. The summed E-state index contributed by atoms with van der Waals surface area (Å²) < 4.78 is 11.1. The Kier molecular flexibility index (Phi) is 3.90. The van der Waals surface area contributed by atoms with Crippen molar-refractivity contribution >= 4 is 28.9 Å². The number of benzene rings is 2. The number of halogens is 2. The molecule has 0 amide bonds. The van der Waals surface area contributed by atoms with Gasteiger partial charge in [-0.25, -0.2) is 0 Å². The van der Waals surface area contributed by atoms with E-state index in [0.29, 0.717) is 27.3 Å². The maximum atomic E-state index is 8.84. The van der Waals surface area contributed by atoms with Crippen LogP contribution in [0.1, 0.15) is 11.1 Å². The van der Waals surface area contributed by atoms with Crippen molar-refractivity contribution in [1.29, 1.82) is 0 Å². The quantitative estimate of drug-likeness (QED) is 0.682. The average molecular weight is 324 g/mol.